The SMILES string of the molecule is c1ccc(-c2ccccc2)cc1.c1ccc(-c2ccccc2)cc1.c1ccc2c(c1)ccc1ccccc12. The van der Waals surface area contributed by atoms with Gasteiger partial charge in [0.05, 0.1) is 0 Å². The highest BCUT2D eigenvalue weighted by Crippen LogP contribution is 2.24. The molecule has 0 saturated carbocycles. The van der Waals surface area contributed by atoms with Gasteiger partial charge < -0.3 is 0 Å². The Morgan fingerprint density at radius 1 is 0.184 bits per heavy atom. The molecule has 0 spiro atoms. The Hall–Kier alpha value is -4.94. The van der Waals surface area contributed by atoms with Crippen LogP contribution in [0.2, 0.25) is 0 Å². The average molecular weight is 487 g/mol. The molecule has 0 aliphatic rings. The molecule has 0 aromatic heterocycles. The van der Waals surface area contributed by atoms with Crippen molar-refractivity contribution in [1.29, 1.82) is 0 Å². The van der Waals surface area contributed by atoms with Gasteiger partial charge in [-0.1, -0.05) is 182 Å². The summed E-state index contributed by atoms with van der Waals surface area (Å²) in [7, 11) is 0. The lowest BCUT2D eigenvalue weighted by molar-refractivity contribution is 1.62. The maximum atomic E-state index is 2.18. The van der Waals surface area contributed by atoms with Crippen LogP contribution in [0.25, 0.3) is 43.8 Å². The second-order valence-electron chi connectivity index (χ2n) is 8.97. The summed E-state index contributed by atoms with van der Waals surface area (Å²) < 4.78 is 0. The van der Waals surface area contributed by atoms with Gasteiger partial charge in [0.2, 0.25) is 0 Å². The van der Waals surface area contributed by atoms with Gasteiger partial charge in [-0.2, -0.15) is 0 Å². The minimum atomic E-state index is 1.28. The van der Waals surface area contributed by atoms with E-state index in [0.29, 0.717) is 0 Å². The van der Waals surface area contributed by atoms with Crippen LogP contribution in [0.3, 0.4) is 0 Å². The largest absolute Gasteiger partial charge is 0.0622 e. The van der Waals surface area contributed by atoms with Gasteiger partial charge in [-0.15, -0.1) is 0 Å². The van der Waals surface area contributed by atoms with Crippen molar-refractivity contribution in [2.75, 3.05) is 0 Å². The second kappa shape index (κ2) is 12.9. The molecular weight excluding hydrogens is 456 g/mol. The maximum Gasteiger partial charge on any atom is -0.0105 e. The molecule has 0 heterocycles. The molecule has 0 unspecified atom stereocenters. The van der Waals surface area contributed by atoms with Crippen molar-refractivity contribution < 1.29 is 0 Å². The van der Waals surface area contributed by atoms with Crippen molar-refractivity contribution in [2.24, 2.45) is 0 Å². The first-order chi connectivity index (χ1) is 18.9. The summed E-state index contributed by atoms with van der Waals surface area (Å²) in [5.41, 5.74) is 5.10. The van der Waals surface area contributed by atoms with E-state index in [1.54, 1.807) is 0 Å². The Morgan fingerprint density at radius 3 is 0.711 bits per heavy atom. The van der Waals surface area contributed by atoms with Gasteiger partial charge in [-0.25, -0.2) is 0 Å². The van der Waals surface area contributed by atoms with Crippen LogP contribution in [0.15, 0.2) is 182 Å². The molecule has 0 aliphatic heterocycles. The first-order valence-corrected chi connectivity index (χ1v) is 13.0. The Labute approximate surface area is 225 Å². The molecule has 0 N–H and O–H groups in total. The minimum Gasteiger partial charge on any atom is -0.0622 e. The molecule has 0 aliphatic carbocycles. The molecule has 0 heteroatoms. The van der Waals surface area contributed by atoms with Crippen LogP contribution in [0, 0.1) is 0 Å². The highest BCUT2D eigenvalue weighted by molar-refractivity contribution is 6.07. The fourth-order valence-electron chi connectivity index (χ4n) is 4.48. The Morgan fingerprint density at radius 2 is 0.421 bits per heavy atom. The molecule has 7 rings (SSSR count). The topological polar surface area (TPSA) is 0 Å². The number of hydrogen-bond donors (Lipinski definition) is 0. The van der Waals surface area contributed by atoms with E-state index in [1.165, 1.54) is 43.8 Å². The van der Waals surface area contributed by atoms with E-state index in [1.807, 2.05) is 24.3 Å². The normalized spacial score (nSPS) is 10.1. The van der Waals surface area contributed by atoms with Gasteiger partial charge in [0, 0.05) is 0 Å². The summed E-state index contributed by atoms with van der Waals surface area (Å²) in [5.74, 6) is 0. The van der Waals surface area contributed by atoms with Crippen LogP contribution in [0.1, 0.15) is 0 Å². The van der Waals surface area contributed by atoms with Crippen molar-refractivity contribution in [1.82, 2.24) is 0 Å². The van der Waals surface area contributed by atoms with Crippen LogP contribution in [-0.2, 0) is 0 Å². The summed E-state index contributed by atoms with van der Waals surface area (Å²) in [4.78, 5) is 0. The smallest absolute Gasteiger partial charge is 0.0105 e. The maximum absolute atomic E-state index is 2.18. The third-order valence-electron chi connectivity index (χ3n) is 6.42. The predicted molar refractivity (Wildman–Crippen MR) is 165 cm³/mol. The monoisotopic (exact) mass is 486 g/mol. The molecule has 0 atom stereocenters. The van der Waals surface area contributed by atoms with E-state index >= 15 is 0 Å². The summed E-state index contributed by atoms with van der Waals surface area (Å²) in [6, 6.07) is 62.9. The fourth-order valence-corrected chi connectivity index (χ4v) is 4.48. The molecule has 7 aromatic rings. The highest BCUT2D eigenvalue weighted by atomic mass is 14.0. The molecule has 0 nitrogen and oxygen atoms in total. The lowest BCUT2D eigenvalue weighted by Gasteiger charge is -2.02. The van der Waals surface area contributed by atoms with Gasteiger partial charge in [0.1, 0.15) is 0 Å². The molecule has 0 saturated heterocycles. The second-order valence-corrected chi connectivity index (χ2v) is 8.97. The lowest BCUT2D eigenvalue weighted by atomic mass is 10.0. The lowest BCUT2D eigenvalue weighted by Crippen LogP contribution is -1.75. The third kappa shape index (κ3) is 6.43. The van der Waals surface area contributed by atoms with E-state index in [4.69, 9.17) is 0 Å². The first kappa shape index (κ1) is 24.7. The molecule has 0 fully saturated rings. The van der Waals surface area contributed by atoms with E-state index in [0.717, 1.165) is 0 Å². The molecule has 182 valence electrons. The van der Waals surface area contributed by atoms with Crippen molar-refractivity contribution in [3.05, 3.63) is 182 Å². The van der Waals surface area contributed by atoms with Gasteiger partial charge in [0.25, 0.3) is 0 Å². The van der Waals surface area contributed by atoms with E-state index in [-0.39, 0.29) is 0 Å². The van der Waals surface area contributed by atoms with Crippen LogP contribution in [0.4, 0.5) is 0 Å². The summed E-state index contributed by atoms with van der Waals surface area (Å²) in [6.45, 7) is 0. The van der Waals surface area contributed by atoms with Crippen molar-refractivity contribution >= 4 is 21.5 Å². The summed E-state index contributed by atoms with van der Waals surface area (Å²) in [5, 5.41) is 5.30. The van der Waals surface area contributed by atoms with Gasteiger partial charge in [-0.3, -0.25) is 0 Å². The van der Waals surface area contributed by atoms with Gasteiger partial charge >= 0.3 is 0 Å². The molecule has 38 heavy (non-hydrogen) atoms. The Bertz CT molecular complexity index is 1470. The molecule has 0 amide bonds. The van der Waals surface area contributed by atoms with Crippen molar-refractivity contribution in [2.45, 2.75) is 0 Å². The summed E-state index contributed by atoms with van der Waals surface area (Å²) >= 11 is 0. The fraction of sp³-hybridized carbons (Fsp3) is 0. The van der Waals surface area contributed by atoms with Crippen LogP contribution in [-0.4, -0.2) is 0 Å². The molecular formula is C38H30. The minimum absolute atomic E-state index is 1.28. The van der Waals surface area contributed by atoms with Crippen LogP contribution >= 0.6 is 0 Å². The zero-order chi connectivity index (χ0) is 25.8. The van der Waals surface area contributed by atoms with Gasteiger partial charge in [-0.05, 0) is 43.8 Å². The Balaban J connectivity index is 0.000000117. The number of fused-ring (bicyclic) bond motifs is 3. The van der Waals surface area contributed by atoms with Crippen LogP contribution in [0.5, 0.6) is 0 Å². The van der Waals surface area contributed by atoms with Crippen LogP contribution < -0.4 is 0 Å². The predicted octanol–water partition coefficient (Wildman–Crippen LogP) is 10.7. The number of hydrogen-bond acceptors (Lipinski definition) is 0. The zero-order valence-corrected chi connectivity index (χ0v) is 21.3. The van der Waals surface area contributed by atoms with Crippen molar-refractivity contribution in [3.8, 4) is 22.3 Å². The van der Waals surface area contributed by atoms with Crippen molar-refractivity contribution in [3.63, 3.8) is 0 Å². The third-order valence-corrected chi connectivity index (χ3v) is 6.42. The molecule has 0 radical (unpaired) electrons. The summed E-state index contributed by atoms with van der Waals surface area (Å²) in [6.07, 6.45) is 0. The Kier molecular flexibility index (Phi) is 8.37. The average Bonchev–Trinajstić information content (AvgIpc) is 3.03. The quantitative estimate of drug-likeness (QED) is 0.213. The molecule has 0 bridgehead atoms. The zero-order valence-electron chi connectivity index (χ0n) is 21.3. The van der Waals surface area contributed by atoms with E-state index in [9.17, 15) is 0 Å². The highest BCUT2D eigenvalue weighted by Gasteiger charge is 1.97. The molecule has 7 aromatic carbocycles. The number of benzene rings is 7. The number of rotatable bonds is 2. The van der Waals surface area contributed by atoms with Gasteiger partial charge in [0.15, 0.2) is 0 Å². The van der Waals surface area contributed by atoms with E-state index in [2.05, 4.69) is 158 Å². The van der Waals surface area contributed by atoms with E-state index < -0.39 is 0 Å². The first-order valence-electron chi connectivity index (χ1n) is 13.0. The standard InChI is InChI=1S/C14H10.2C12H10/c1-3-7-13-11(5-1)9-10-12-6-2-4-8-14(12)13;2*1-3-7-11(8-4-1)12-9-5-2-6-10-12/h1-10H;2*1-10H.